The Morgan fingerprint density at radius 3 is 2.76 bits per heavy atom. The second-order valence-electron chi connectivity index (χ2n) is 5.93. The minimum absolute atomic E-state index is 0.286. The SMILES string of the molecule is Cn1nc2c(-c3ccc(Cl)cc3Cl)cccc2c1CN1CCOC1=O. The van der Waals surface area contributed by atoms with Crippen molar-refractivity contribution in [2.75, 3.05) is 13.2 Å². The second kappa shape index (κ2) is 6.24. The Morgan fingerprint density at radius 1 is 1.20 bits per heavy atom. The smallest absolute Gasteiger partial charge is 0.410 e. The van der Waals surface area contributed by atoms with Gasteiger partial charge >= 0.3 is 6.09 Å². The molecule has 3 aromatic rings. The molecule has 1 aliphatic rings. The van der Waals surface area contributed by atoms with Gasteiger partial charge in [-0.05, 0) is 12.1 Å². The molecule has 0 unspecified atom stereocenters. The minimum atomic E-state index is -0.286. The normalized spacial score (nSPS) is 14.4. The summed E-state index contributed by atoms with van der Waals surface area (Å²) in [5.74, 6) is 0. The zero-order chi connectivity index (χ0) is 17.6. The van der Waals surface area contributed by atoms with Crippen LogP contribution in [-0.2, 0) is 18.3 Å². The number of fused-ring (bicyclic) bond motifs is 1. The molecule has 4 rings (SSSR count). The van der Waals surface area contributed by atoms with Crippen molar-refractivity contribution in [3.8, 4) is 11.1 Å². The van der Waals surface area contributed by atoms with E-state index < -0.39 is 0 Å². The number of aromatic nitrogens is 2. The number of rotatable bonds is 3. The van der Waals surface area contributed by atoms with Crippen molar-refractivity contribution in [1.29, 1.82) is 0 Å². The summed E-state index contributed by atoms with van der Waals surface area (Å²) >= 11 is 12.4. The molecule has 7 heteroatoms. The van der Waals surface area contributed by atoms with E-state index in [0.717, 1.165) is 27.7 Å². The molecule has 0 N–H and O–H groups in total. The van der Waals surface area contributed by atoms with E-state index in [1.807, 2.05) is 42.1 Å². The van der Waals surface area contributed by atoms with Gasteiger partial charge in [-0.15, -0.1) is 0 Å². The molecule has 0 aliphatic carbocycles. The van der Waals surface area contributed by atoms with Crippen LogP contribution in [0.25, 0.3) is 22.0 Å². The zero-order valence-electron chi connectivity index (χ0n) is 13.5. The Bertz CT molecular complexity index is 984. The summed E-state index contributed by atoms with van der Waals surface area (Å²) in [7, 11) is 1.88. The molecule has 128 valence electrons. The Balaban J connectivity index is 1.83. The number of aryl methyl sites for hydroxylation is 1. The molecule has 2 heterocycles. The lowest BCUT2D eigenvalue weighted by Gasteiger charge is -2.12. The molecule has 1 fully saturated rings. The highest BCUT2D eigenvalue weighted by molar-refractivity contribution is 6.36. The second-order valence-corrected chi connectivity index (χ2v) is 6.78. The number of benzene rings is 2. The van der Waals surface area contributed by atoms with E-state index in [0.29, 0.717) is 29.7 Å². The molecule has 2 aromatic carbocycles. The Morgan fingerprint density at radius 2 is 2.04 bits per heavy atom. The van der Waals surface area contributed by atoms with Crippen molar-refractivity contribution in [3.63, 3.8) is 0 Å². The summed E-state index contributed by atoms with van der Waals surface area (Å²) in [4.78, 5) is 13.4. The Labute approximate surface area is 154 Å². The van der Waals surface area contributed by atoms with E-state index in [1.54, 1.807) is 11.0 Å². The van der Waals surface area contributed by atoms with Gasteiger partial charge in [-0.2, -0.15) is 5.10 Å². The summed E-state index contributed by atoms with van der Waals surface area (Å²) in [6.45, 7) is 1.48. The maximum atomic E-state index is 11.8. The summed E-state index contributed by atoms with van der Waals surface area (Å²) in [6, 6.07) is 11.4. The molecule has 0 saturated carbocycles. The van der Waals surface area contributed by atoms with Crippen LogP contribution in [0.5, 0.6) is 0 Å². The molecule has 25 heavy (non-hydrogen) atoms. The van der Waals surface area contributed by atoms with Crippen LogP contribution in [0.15, 0.2) is 36.4 Å². The quantitative estimate of drug-likeness (QED) is 0.676. The summed E-state index contributed by atoms with van der Waals surface area (Å²) in [5, 5.41) is 6.83. The van der Waals surface area contributed by atoms with Gasteiger partial charge in [-0.1, -0.05) is 47.5 Å². The van der Waals surface area contributed by atoms with Crippen LogP contribution >= 0.6 is 23.2 Å². The van der Waals surface area contributed by atoms with Crippen molar-refractivity contribution in [2.24, 2.45) is 7.05 Å². The standard InChI is InChI=1S/C18H15Cl2N3O2/c1-22-16(10-23-7-8-25-18(23)24)14-4-2-3-13(17(14)21-22)12-6-5-11(19)9-15(12)20/h2-6,9H,7-8,10H2,1H3. The van der Waals surface area contributed by atoms with Gasteiger partial charge in [0.1, 0.15) is 12.1 Å². The average Bonchev–Trinajstić information content (AvgIpc) is 3.12. The monoisotopic (exact) mass is 375 g/mol. The first kappa shape index (κ1) is 16.2. The minimum Gasteiger partial charge on any atom is -0.448 e. The molecule has 1 amide bonds. The molecule has 1 aliphatic heterocycles. The number of nitrogens with zero attached hydrogens (tertiary/aromatic N) is 3. The first-order valence-electron chi connectivity index (χ1n) is 7.86. The van der Waals surface area contributed by atoms with Crippen LogP contribution in [0.4, 0.5) is 4.79 Å². The number of halogens is 2. The summed E-state index contributed by atoms with van der Waals surface area (Å²) in [5.41, 5.74) is 3.62. The van der Waals surface area contributed by atoms with Crippen molar-refractivity contribution in [3.05, 3.63) is 52.1 Å². The molecule has 0 radical (unpaired) electrons. The number of cyclic esters (lactones) is 1. The number of hydrogen-bond acceptors (Lipinski definition) is 3. The van der Waals surface area contributed by atoms with Crippen LogP contribution in [0.3, 0.4) is 0 Å². The number of amides is 1. The van der Waals surface area contributed by atoms with Crippen LogP contribution < -0.4 is 0 Å². The number of carbonyl (C=O) groups excluding carboxylic acids is 1. The highest BCUT2D eigenvalue weighted by atomic mass is 35.5. The van der Waals surface area contributed by atoms with E-state index >= 15 is 0 Å². The number of carbonyl (C=O) groups is 1. The predicted molar refractivity (Wildman–Crippen MR) is 97.9 cm³/mol. The fourth-order valence-corrected chi connectivity index (χ4v) is 3.64. The fourth-order valence-electron chi connectivity index (χ4n) is 3.13. The largest absolute Gasteiger partial charge is 0.448 e. The number of ether oxygens (including phenoxy) is 1. The predicted octanol–water partition coefficient (Wildman–Crippen LogP) is 4.50. The van der Waals surface area contributed by atoms with E-state index in [4.69, 9.17) is 27.9 Å². The molecule has 0 atom stereocenters. The van der Waals surface area contributed by atoms with E-state index in [-0.39, 0.29) is 6.09 Å². The van der Waals surface area contributed by atoms with Crippen molar-refractivity contribution in [1.82, 2.24) is 14.7 Å². The van der Waals surface area contributed by atoms with Gasteiger partial charge in [0.2, 0.25) is 0 Å². The fraction of sp³-hybridized carbons (Fsp3) is 0.222. The van der Waals surface area contributed by atoms with Crippen molar-refractivity contribution >= 4 is 40.2 Å². The molecular weight excluding hydrogens is 361 g/mol. The van der Waals surface area contributed by atoms with E-state index in [1.165, 1.54) is 0 Å². The first-order chi connectivity index (χ1) is 12.0. The zero-order valence-corrected chi connectivity index (χ0v) is 15.0. The topological polar surface area (TPSA) is 47.4 Å². The highest BCUT2D eigenvalue weighted by Gasteiger charge is 2.24. The molecule has 1 saturated heterocycles. The Hall–Kier alpha value is -2.24. The third-order valence-electron chi connectivity index (χ3n) is 4.39. The van der Waals surface area contributed by atoms with Gasteiger partial charge in [-0.25, -0.2) is 4.79 Å². The van der Waals surface area contributed by atoms with Crippen molar-refractivity contribution < 1.29 is 9.53 Å². The lowest BCUT2D eigenvalue weighted by molar-refractivity contribution is 0.156. The third kappa shape index (κ3) is 2.83. The lowest BCUT2D eigenvalue weighted by atomic mass is 10.0. The summed E-state index contributed by atoms with van der Waals surface area (Å²) in [6.07, 6.45) is -0.286. The highest BCUT2D eigenvalue weighted by Crippen LogP contribution is 2.35. The van der Waals surface area contributed by atoms with Crippen LogP contribution in [0.1, 0.15) is 5.69 Å². The van der Waals surface area contributed by atoms with Crippen LogP contribution in [0, 0.1) is 0 Å². The van der Waals surface area contributed by atoms with Gasteiger partial charge in [0.15, 0.2) is 0 Å². The molecule has 1 aromatic heterocycles. The Kier molecular flexibility index (Phi) is 4.06. The average molecular weight is 376 g/mol. The van der Waals surface area contributed by atoms with Crippen LogP contribution in [0.2, 0.25) is 10.0 Å². The first-order valence-corrected chi connectivity index (χ1v) is 8.62. The van der Waals surface area contributed by atoms with E-state index in [2.05, 4.69) is 5.10 Å². The van der Waals surface area contributed by atoms with Crippen LogP contribution in [-0.4, -0.2) is 33.9 Å². The third-order valence-corrected chi connectivity index (χ3v) is 4.94. The van der Waals surface area contributed by atoms with Gasteiger partial charge in [0.05, 0.1) is 18.8 Å². The number of hydrogen-bond donors (Lipinski definition) is 0. The molecule has 0 bridgehead atoms. The van der Waals surface area contributed by atoms with Gasteiger partial charge < -0.3 is 4.74 Å². The van der Waals surface area contributed by atoms with E-state index in [9.17, 15) is 4.79 Å². The van der Waals surface area contributed by atoms with Crippen molar-refractivity contribution in [2.45, 2.75) is 6.54 Å². The summed E-state index contributed by atoms with van der Waals surface area (Å²) < 4.78 is 6.82. The molecule has 5 nitrogen and oxygen atoms in total. The van der Waals surface area contributed by atoms with Gasteiger partial charge in [-0.3, -0.25) is 9.58 Å². The maximum Gasteiger partial charge on any atom is 0.410 e. The lowest BCUT2D eigenvalue weighted by Crippen LogP contribution is -2.24. The maximum absolute atomic E-state index is 11.8. The van der Waals surface area contributed by atoms with Gasteiger partial charge in [0, 0.05) is 33.6 Å². The van der Waals surface area contributed by atoms with Gasteiger partial charge in [0.25, 0.3) is 0 Å². The molecule has 0 spiro atoms. The molecular formula is C18H15Cl2N3O2.